The Morgan fingerprint density at radius 3 is 0.261 bits per heavy atom. The van der Waals surface area contributed by atoms with Crippen LogP contribution in [0.4, 0.5) is 70.6 Å². The van der Waals surface area contributed by atoms with Crippen molar-refractivity contribution in [2.24, 2.45) is 0 Å². The Hall–Kier alpha value is -1.05. The van der Waals surface area contributed by atoms with E-state index in [1.807, 2.05) is 0 Å². The maximum absolute atomic E-state index is 8.75. The predicted molar refractivity (Wildman–Crippen MR) is 97.7 cm³/mol. The Labute approximate surface area is 139 Å². The van der Waals surface area contributed by atoms with Crippen LogP contribution in [-0.4, -0.2) is 1.45 Å². The van der Waals surface area contributed by atoms with Crippen molar-refractivity contribution in [1.29, 1.82) is 1.45 Å². The molecule has 0 aliphatic carbocycles. The summed E-state index contributed by atoms with van der Waals surface area (Å²) in [7, 11) is 0. The highest BCUT2D eigenvalue weighted by molar-refractivity contribution is 2.51. The molecule has 0 atom stereocenters. The van der Waals surface area contributed by atoms with Crippen molar-refractivity contribution in [3.63, 3.8) is 0 Å². The summed E-state index contributed by atoms with van der Waals surface area (Å²) in [5.41, 5.74) is 0. The molecule has 0 heterocycles. The van der Waals surface area contributed by atoms with E-state index >= 15 is 0 Å². The van der Waals surface area contributed by atoms with Gasteiger partial charge in [0.15, 0.2) is 0 Å². The standard InChI is InChI=1S/8CH4.15FH.3H2/h8*1H4;18*1H/i;;;;;;;;;;;;;;;;;;;;;;;1+1D;2*1+1/hD. The Morgan fingerprint density at radius 1 is 0.261 bits per heavy atom. The van der Waals surface area contributed by atoms with Crippen LogP contribution in [0.5, 0.6) is 0 Å². The van der Waals surface area contributed by atoms with Gasteiger partial charge in [0.25, 0.3) is 1.45 Å². The van der Waals surface area contributed by atoms with Gasteiger partial charge >= 0.3 is 0 Å². The molecule has 0 radical (unpaired) electrons. The summed E-state index contributed by atoms with van der Waals surface area (Å²) in [5, 5.41) is 0. The summed E-state index contributed by atoms with van der Waals surface area (Å²) in [5.74, 6) is 0. The van der Waals surface area contributed by atoms with Crippen LogP contribution in [-0.2, 0) is 0 Å². The minimum absolute atomic E-state index is 0. The van der Waals surface area contributed by atoms with Crippen molar-refractivity contribution >= 4 is 0 Å². The molecule has 0 spiro atoms. The molecule has 23 heavy (non-hydrogen) atoms. The first-order valence-corrected chi connectivity index (χ1v) is 0. The number of hydrogen-bond donors (Lipinski definition) is 0. The Bertz CT molecular complexity index is 40.4. The fourth-order valence-corrected chi connectivity index (χ4v) is 0. The second-order valence-electron chi connectivity index (χ2n) is 0. The second kappa shape index (κ2) is 7560. The van der Waals surface area contributed by atoms with Crippen LogP contribution in [0.25, 0.3) is 0 Å². The molecule has 0 fully saturated rings. The van der Waals surface area contributed by atoms with Crippen LogP contribution in [0, 0.1) is 0 Å². The molecule has 0 aromatic rings. The maximum atomic E-state index is 8.75. The molecular formula is C8H53F15. The largest absolute Gasteiger partial charge is 0.269 e. The average molecular weight is 440 g/mol. The molecule has 190 valence electrons. The van der Waals surface area contributed by atoms with Crippen molar-refractivity contribution in [2.45, 2.75) is 59.4 Å². The monoisotopic (exact) mass is 439 g/mol. The average Bonchev–Trinajstić information content (AvgIpc) is 1.50. The fraction of sp³-hybridized carbons (Fsp3) is 1.00. The van der Waals surface area contributed by atoms with E-state index in [4.69, 9.17) is 7.69 Å². The number of halogens is 15. The van der Waals surface area contributed by atoms with Crippen LogP contribution in [0.15, 0.2) is 0 Å². The van der Waals surface area contributed by atoms with Crippen molar-refractivity contribution in [1.82, 2.24) is 0 Å². The van der Waals surface area contributed by atoms with Gasteiger partial charge in [0, 0.05) is 5.82 Å². The quantitative estimate of drug-likeness (QED) is 0.334. The summed E-state index contributed by atoms with van der Waals surface area (Å²) >= 11 is 0. The number of hydrogen-bond acceptors (Lipinski definition) is 0. The van der Waals surface area contributed by atoms with E-state index in [1.165, 1.54) is 0 Å². The first-order chi connectivity index (χ1) is 2.00. The van der Waals surface area contributed by atoms with E-state index in [-0.39, 0.29) is 128 Å². The molecule has 0 aromatic carbocycles. The minimum atomic E-state index is 0. The van der Waals surface area contributed by atoms with Crippen molar-refractivity contribution in [2.75, 3.05) is 0 Å². The lowest BCUT2D eigenvalue weighted by atomic mass is 12.0. The zero-order valence-corrected chi connectivity index (χ0v) is 6.09. The summed E-state index contributed by atoms with van der Waals surface area (Å²) in [6, 6.07) is 0. The maximum Gasteiger partial charge on any atom is 0.269 e. The molecule has 0 bridgehead atoms. The highest BCUT2D eigenvalue weighted by atomic mass is 19.0. The SMILES string of the molecule is C.C.C.C.C.C.C.C.F.F.F.F.F.F.F.F.F.F.F.F.F.F.[2HH].[2HH].[2H]F.[2H][2H]. The van der Waals surface area contributed by atoms with Gasteiger partial charge in [0.05, 0.1) is 0 Å². The normalized spacial score (nSPS) is 0.652. The topological polar surface area (TPSA) is 0 Å². The van der Waals surface area contributed by atoms with Crippen molar-refractivity contribution < 1.29 is 76.4 Å². The number of rotatable bonds is 0. The molecule has 0 saturated heterocycles. The molecule has 0 aliphatic heterocycles. The molecule has 15 heteroatoms. The lowest BCUT2D eigenvalue weighted by Crippen LogP contribution is 0.143. The minimum Gasteiger partial charge on any atom is -0.269 e. The molecule has 0 rings (SSSR count). The van der Waals surface area contributed by atoms with E-state index in [2.05, 4.69) is 1.45 Å². The molecule has 0 saturated carbocycles. The smallest absolute Gasteiger partial charge is 0.269 e. The van der Waals surface area contributed by atoms with E-state index in [0.29, 0.717) is 0 Å². The van der Waals surface area contributed by atoms with Crippen molar-refractivity contribution in [3.8, 4) is 0 Å². The predicted octanol–water partition coefficient (Wildman–Crippen LogP) is 8.11. The van der Waals surface area contributed by atoms with E-state index in [9.17, 15) is 0 Å². The third kappa shape index (κ3) is 6820. The second-order valence-corrected chi connectivity index (χ2v) is 0. The van der Waals surface area contributed by atoms with Gasteiger partial charge in [0.2, 0.25) is 0 Å². The first-order valence-electron chi connectivity index (χ1n) is 1.38. The van der Waals surface area contributed by atoms with Gasteiger partial charge in [0.1, 0.15) is 0 Å². The van der Waals surface area contributed by atoms with Gasteiger partial charge in [-0.2, -0.15) is 0 Å². The van der Waals surface area contributed by atoms with Crippen LogP contribution in [0.1, 0.15) is 65.2 Å². The lowest BCUT2D eigenvalue weighted by Gasteiger charge is -0.270. The van der Waals surface area contributed by atoms with Gasteiger partial charge in [-0.15, -0.1) is 0 Å². The van der Waals surface area contributed by atoms with Gasteiger partial charge < -0.3 is 0 Å². The Kier molecular flexibility index (Phi) is 3510000. The lowest BCUT2D eigenvalue weighted by molar-refractivity contribution is 1.11. The highest BCUT2D eigenvalue weighted by Crippen LogP contribution is 0.435. The van der Waals surface area contributed by atoms with Gasteiger partial charge in [-0.05, 0) is 0 Å². The zero-order valence-electron chi connectivity index (χ0n) is 9.09. The fourth-order valence-electron chi connectivity index (χ4n) is 0. The zero-order chi connectivity index (χ0) is 4.00. The molecule has 0 aromatic heterocycles. The van der Waals surface area contributed by atoms with Crippen molar-refractivity contribution in [3.05, 3.63) is 0 Å². The molecule has 0 unspecified atom stereocenters. The van der Waals surface area contributed by atoms with Crippen LogP contribution < -0.4 is 0 Å². The third-order valence-corrected chi connectivity index (χ3v) is 0. The molecular weight excluding hydrogens is 381 g/mol. The molecule has 0 aliphatic rings. The molecule has 0 nitrogen and oxygen atoms in total. The van der Waals surface area contributed by atoms with E-state index in [1.54, 1.807) is 0 Å². The van der Waals surface area contributed by atoms with Gasteiger partial charge in [-0.3, -0.25) is 70.6 Å². The third-order valence-electron chi connectivity index (χ3n) is 0. The Morgan fingerprint density at radius 2 is 0.261 bits per heavy atom. The molecule has 0 N–H and O–H groups in total. The highest BCUT2D eigenvalue weighted by Gasteiger charge is -0.0699. The summed E-state index contributed by atoms with van der Waals surface area (Å²) < 4.78 is 23.0. The molecule has 0 amide bonds. The van der Waals surface area contributed by atoms with Crippen LogP contribution in [0.3, 0.4) is 0 Å². The first kappa shape index (κ1) is 10700. The van der Waals surface area contributed by atoms with Crippen LogP contribution in [0.2, 0.25) is 0 Å². The van der Waals surface area contributed by atoms with Gasteiger partial charge in [-0.25, -0.2) is 0 Å². The summed E-state index contributed by atoms with van der Waals surface area (Å²) in [6.07, 6.45) is 0. The van der Waals surface area contributed by atoms with Gasteiger partial charge in [-0.1, -0.05) is 59.4 Å². The van der Waals surface area contributed by atoms with E-state index < -0.39 is 0 Å². The van der Waals surface area contributed by atoms with E-state index in [0.717, 1.165) is 0 Å². The van der Waals surface area contributed by atoms with Crippen LogP contribution >= 0.6 is 0 Å². The summed E-state index contributed by atoms with van der Waals surface area (Å²) in [4.78, 5) is 0. The Balaban J connectivity index is -0.0000000000641. The summed E-state index contributed by atoms with van der Waals surface area (Å²) in [6.45, 7) is 0.